The molecule has 2 aromatic heterocycles. The summed E-state index contributed by atoms with van der Waals surface area (Å²) in [5.41, 5.74) is 2.24. The maximum Gasteiger partial charge on any atom is 0.157 e. The predicted molar refractivity (Wildman–Crippen MR) is 77.5 cm³/mol. The van der Waals surface area contributed by atoms with Crippen molar-refractivity contribution in [2.75, 3.05) is 6.61 Å². The molecule has 104 valence electrons. The molecule has 0 saturated carbocycles. The molecule has 0 saturated heterocycles. The standard InChI is InChI=1S/C13H19BrN4O/c1-4-11-13(14)12(18(5-2)16-11)9-17-8-10(7-15-17)19-6-3/h7-8H,4-6,9H2,1-3H3. The van der Waals surface area contributed by atoms with Crippen molar-refractivity contribution in [1.29, 1.82) is 0 Å². The zero-order valence-corrected chi connectivity index (χ0v) is 13.1. The first kappa shape index (κ1) is 14.1. The van der Waals surface area contributed by atoms with Gasteiger partial charge in [0, 0.05) is 6.54 Å². The van der Waals surface area contributed by atoms with Crippen molar-refractivity contribution < 1.29 is 4.74 Å². The van der Waals surface area contributed by atoms with Gasteiger partial charge in [-0.1, -0.05) is 6.92 Å². The number of hydrogen-bond donors (Lipinski definition) is 0. The van der Waals surface area contributed by atoms with Crippen LogP contribution in [0.15, 0.2) is 16.9 Å². The number of ether oxygens (including phenoxy) is 1. The van der Waals surface area contributed by atoms with E-state index >= 15 is 0 Å². The number of nitrogens with zero attached hydrogens (tertiary/aromatic N) is 4. The van der Waals surface area contributed by atoms with Gasteiger partial charge in [-0.2, -0.15) is 10.2 Å². The van der Waals surface area contributed by atoms with E-state index in [4.69, 9.17) is 4.74 Å². The van der Waals surface area contributed by atoms with Gasteiger partial charge in [0.2, 0.25) is 0 Å². The molecule has 0 aliphatic rings. The second-order valence-electron chi connectivity index (χ2n) is 4.18. The molecule has 0 unspecified atom stereocenters. The quantitative estimate of drug-likeness (QED) is 0.819. The molecule has 0 atom stereocenters. The summed E-state index contributed by atoms with van der Waals surface area (Å²) in [5.74, 6) is 0.803. The molecular weight excluding hydrogens is 308 g/mol. The lowest BCUT2D eigenvalue weighted by Gasteiger charge is -2.05. The third-order valence-corrected chi connectivity index (χ3v) is 3.84. The van der Waals surface area contributed by atoms with E-state index in [2.05, 4.69) is 40.0 Å². The number of hydrogen-bond acceptors (Lipinski definition) is 3. The highest BCUT2D eigenvalue weighted by atomic mass is 79.9. The maximum atomic E-state index is 5.42. The highest BCUT2D eigenvalue weighted by Crippen LogP contribution is 2.23. The van der Waals surface area contributed by atoms with Crippen LogP contribution in [0.3, 0.4) is 0 Å². The van der Waals surface area contributed by atoms with Crippen molar-refractivity contribution in [3.63, 3.8) is 0 Å². The largest absolute Gasteiger partial charge is 0.491 e. The van der Waals surface area contributed by atoms with Crippen LogP contribution in [0.5, 0.6) is 5.75 Å². The molecule has 5 nitrogen and oxygen atoms in total. The van der Waals surface area contributed by atoms with E-state index in [1.807, 2.05) is 22.5 Å². The zero-order valence-electron chi connectivity index (χ0n) is 11.6. The van der Waals surface area contributed by atoms with Gasteiger partial charge in [0.1, 0.15) is 0 Å². The van der Waals surface area contributed by atoms with Gasteiger partial charge < -0.3 is 4.74 Å². The first-order valence-corrected chi connectivity index (χ1v) is 7.38. The molecule has 0 aromatic carbocycles. The molecule has 0 radical (unpaired) electrons. The van der Waals surface area contributed by atoms with Crippen LogP contribution < -0.4 is 4.74 Å². The highest BCUT2D eigenvalue weighted by Gasteiger charge is 2.14. The molecular formula is C13H19BrN4O. The van der Waals surface area contributed by atoms with Crippen LogP contribution in [0.2, 0.25) is 0 Å². The Bertz CT molecular complexity index is 547. The summed E-state index contributed by atoms with van der Waals surface area (Å²) in [4.78, 5) is 0. The second-order valence-corrected chi connectivity index (χ2v) is 4.98. The Labute approximate surface area is 121 Å². The van der Waals surface area contributed by atoms with Gasteiger partial charge in [-0.3, -0.25) is 9.36 Å². The van der Waals surface area contributed by atoms with E-state index < -0.39 is 0 Å². The molecule has 0 aliphatic carbocycles. The van der Waals surface area contributed by atoms with Crippen molar-refractivity contribution >= 4 is 15.9 Å². The molecule has 2 rings (SSSR count). The minimum absolute atomic E-state index is 0.655. The fourth-order valence-electron chi connectivity index (χ4n) is 1.99. The van der Waals surface area contributed by atoms with Crippen LogP contribution in [0.1, 0.15) is 32.2 Å². The van der Waals surface area contributed by atoms with Crippen LogP contribution in [0.4, 0.5) is 0 Å². The Kier molecular flexibility index (Phi) is 4.63. The highest BCUT2D eigenvalue weighted by molar-refractivity contribution is 9.10. The third kappa shape index (κ3) is 3.00. The van der Waals surface area contributed by atoms with E-state index in [9.17, 15) is 0 Å². The van der Waals surface area contributed by atoms with E-state index in [0.717, 1.165) is 34.6 Å². The fourth-order valence-corrected chi connectivity index (χ4v) is 2.68. The summed E-state index contributed by atoms with van der Waals surface area (Å²) in [7, 11) is 0. The van der Waals surface area contributed by atoms with Gasteiger partial charge >= 0.3 is 0 Å². The first-order chi connectivity index (χ1) is 9.19. The van der Waals surface area contributed by atoms with Crippen molar-refractivity contribution in [1.82, 2.24) is 19.6 Å². The molecule has 2 aromatic rings. The fraction of sp³-hybridized carbons (Fsp3) is 0.538. The number of aryl methyl sites for hydroxylation is 2. The summed E-state index contributed by atoms with van der Waals surface area (Å²) in [6, 6.07) is 0. The Hall–Kier alpha value is -1.30. The normalized spacial score (nSPS) is 10.9. The Morgan fingerprint density at radius 3 is 2.74 bits per heavy atom. The summed E-state index contributed by atoms with van der Waals surface area (Å²) in [6.07, 6.45) is 4.57. The maximum absolute atomic E-state index is 5.42. The minimum Gasteiger partial charge on any atom is -0.491 e. The lowest BCUT2D eigenvalue weighted by molar-refractivity contribution is 0.339. The molecule has 0 bridgehead atoms. The molecule has 19 heavy (non-hydrogen) atoms. The summed E-state index contributed by atoms with van der Waals surface area (Å²) >= 11 is 3.64. The van der Waals surface area contributed by atoms with Gasteiger partial charge in [0.15, 0.2) is 5.75 Å². The van der Waals surface area contributed by atoms with Crippen LogP contribution in [-0.2, 0) is 19.5 Å². The van der Waals surface area contributed by atoms with Gasteiger partial charge in [-0.05, 0) is 36.2 Å². The molecule has 0 spiro atoms. The Morgan fingerprint density at radius 2 is 2.11 bits per heavy atom. The van der Waals surface area contributed by atoms with Crippen LogP contribution >= 0.6 is 15.9 Å². The van der Waals surface area contributed by atoms with E-state index in [1.165, 1.54) is 0 Å². The number of aromatic nitrogens is 4. The monoisotopic (exact) mass is 326 g/mol. The Morgan fingerprint density at radius 1 is 1.32 bits per heavy atom. The van der Waals surface area contributed by atoms with Crippen molar-refractivity contribution in [3.8, 4) is 5.75 Å². The minimum atomic E-state index is 0.655. The van der Waals surface area contributed by atoms with Crippen molar-refractivity contribution in [2.45, 2.75) is 40.3 Å². The molecule has 0 N–H and O–H groups in total. The second kappa shape index (κ2) is 6.23. The predicted octanol–water partition coefficient (Wildman–Crippen LogP) is 2.87. The molecule has 0 fully saturated rings. The van der Waals surface area contributed by atoms with Crippen LogP contribution in [-0.4, -0.2) is 26.2 Å². The number of halogens is 1. The van der Waals surface area contributed by atoms with Gasteiger partial charge in [-0.15, -0.1) is 0 Å². The zero-order chi connectivity index (χ0) is 13.8. The van der Waals surface area contributed by atoms with E-state index in [-0.39, 0.29) is 0 Å². The lowest BCUT2D eigenvalue weighted by atomic mass is 10.3. The number of rotatable bonds is 6. The van der Waals surface area contributed by atoms with Crippen molar-refractivity contribution in [3.05, 3.63) is 28.3 Å². The molecule has 6 heteroatoms. The molecule has 2 heterocycles. The summed E-state index contributed by atoms with van der Waals surface area (Å²) < 4.78 is 10.4. The van der Waals surface area contributed by atoms with Gasteiger partial charge in [-0.25, -0.2) is 0 Å². The average molecular weight is 327 g/mol. The summed E-state index contributed by atoms with van der Waals surface area (Å²) in [6.45, 7) is 8.37. The summed E-state index contributed by atoms with van der Waals surface area (Å²) in [5, 5.41) is 8.89. The van der Waals surface area contributed by atoms with Gasteiger partial charge in [0.05, 0.1) is 41.4 Å². The SMILES string of the molecule is CCOc1cnn(Cc2c(Br)c(CC)nn2CC)c1. The molecule has 0 amide bonds. The molecule has 0 aliphatic heterocycles. The third-order valence-electron chi connectivity index (χ3n) is 2.93. The van der Waals surface area contributed by atoms with Crippen LogP contribution in [0.25, 0.3) is 0 Å². The van der Waals surface area contributed by atoms with E-state index in [0.29, 0.717) is 13.2 Å². The van der Waals surface area contributed by atoms with Gasteiger partial charge in [0.25, 0.3) is 0 Å². The van der Waals surface area contributed by atoms with Crippen molar-refractivity contribution in [2.24, 2.45) is 0 Å². The topological polar surface area (TPSA) is 44.9 Å². The van der Waals surface area contributed by atoms with E-state index in [1.54, 1.807) is 6.20 Å². The lowest BCUT2D eigenvalue weighted by Crippen LogP contribution is -2.08. The van der Waals surface area contributed by atoms with Crippen LogP contribution in [0, 0.1) is 0 Å². The first-order valence-electron chi connectivity index (χ1n) is 6.58. The average Bonchev–Trinajstić information content (AvgIpc) is 2.97. The Balaban J connectivity index is 2.23. The smallest absolute Gasteiger partial charge is 0.157 e.